The van der Waals surface area contributed by atoms with Crippen molar-refractivity contribution in [3.8, 4) is 11.6 Å². The van der Waals surface area contributed by atoms with Crippen molar-refractivity contribution in [1.82, 2.24) is 24.6 Å². The van der Waals surface area contributed by atoms with Crippen molar-refractivity contribution < 1.29 is 18.4 Å². The third kappa shape index (κ3) is 3.28. The molecule has 164 valence electrons. The highest BCUT2D eigenvalue weighted by molar-refractivity contribution is 5.97. The van der Waals surface area contributed by atoms with Gasteiger partial charge in [0, 0.05) is 30.4 Å². The van der Waals surface area contributed by atoms with Gasteiger partial charge in [-0.25, -0.2) is 24.2 Å². The first-order chi connectivity index (χ1) is 15.5. The third-order valence-corrected chi connectivity index (χ3v) is 5.39. The number of hydroxylamine groups is 1. The number of amidine groups is 1. The van der Waals surface area contributed by atoms with Crippen LogP contribution in [0.5, 0.6) is 5.88 Å². The summed E-state index contributed by atoms with van der Waals surface area (Å²) in [6.07, 6.45) is 5.29. The number of nitrogens with one attached hydrogen (secondary N) is 1. The van der Waals surface area contributed by atoms with Gasteiger partial charge in [0.1, 0.15) is 24.0 Å². The minimum Gasteiger partial charge on any atom is -0.479 e. The molecule has 8 nitrogen and oxygen atoms in total. The minimum absolute atomic E-state index is 0.155. The quantitative estimate of drug-likeness (QED) is 0.529. The van der Waals surface area contributed by atoms with E-state index < -0.39 is 17.7 Å². The van der Waals surface area contributed by atoms with Crippen molar-refractivity contribution >= 4 is 16.7 Å². The van der Waals surface area contributed by atoms with E-state index in [0.29, 0.717) is 28.5 Å². The maximum Gasteiger partial charge on any atom is 0.238 e. The Morgan fingerprint density at radius 2 is 2.03 bits per heavy atom. The van der Waals surface area contributed by atoms with Crippen molar-refractivity contribution in [3.05, 3.63) is 71.6 Å². The Hall–Kier alpha value is -3.79. The van der Waals surface area contributed by atoms with E-state index in [0.717, 1.165) is 17.4 Å². The summed E-state index contributed by atoms with van der Waals surface area (Å²) < 4.78 is 37.6. The molecule has 1 aromatic carbocycles. The first-order valence-corrected chi connectivity index (χ1v) is 9.91. The van der Waals surface area contributed by atoms with E-state index in [2.05, 4.69) is 20.4 Å². The molecule has 0 saturated carbocycles. The van der Waals surface area contributed by atoms with E-state index in [4.69, 9.17) is 9.57 Å². The normalized spacial score (nSPS) is 16.2. The van der Waals surface area contributed by atoms with Gasteiger partial charge in [0.2, 0.25) is 5.88 Å². The maximum atomic E-state index is 14.6. The molecule has 4 heterocycles. The number of fused-ring (bicyclic) bond motifs is 1. The summed E-state index contributed by atoms with van der Waals surface area (Å²) in [7, 11) is 3.31. The fourth-order valence-electron chi connectivity index (χ4n) is 3.86. The molecule has 3 aromatic heterocycles. The highest BCUT2D eigenvalue weighted by Gasteiger charge is 2.26. The van der Waals surface area contributed by atoms with Crippen LogP contribution in [0.15, 0.2) is 48.0 Å². The predicted octanol–water partition coefficient (Wildman–Crippen LogP) is 3.38. The summed E-state index contributed by atoms with van der Waals surface area (Å²) in [5.74, 6) is -1.06. The molecule has 1 atom stereocenters. The van der Waals surface area contributed by atoms with Crippen molar-refractivity contribution in [1.29, 1.82) is 0 Å². The zero-order valence-corrected chi connectivity index (χ0v) is 17.6. The van der Waals surface area contributed by atoms with E-state index in [1.807, 2.05) is 23.8 Å². The molecule has 0 amide bonds. The molecule has 0 bridgehead atoms. The van der Waals surface area contributed by atoms with Crippen LogP contribution in [0.1, 0.15) is 23.0 Å². The number of benzene rings is 1. The average Bonchev–Trinajstić information content (AvgIpc) is 3.39. The fourth-order valence-corrected chi connectivity index (χ4v) is 3.86. The number of ether oxygens (including phenoxy) is 1. The molecule has 0 spiro atoms. The van der Waals surface area contributed by atoms with E-state index >= 15 is 0 Å². The standard InChI is InChI=1S/C22H20F2N6O2/c1-12-8-30(11-25-12)18-7-5-15(27-22(18)31-3)21-26-16(10-32-28-21)13-9-29(2)17-6-4-14(23)20(24)19(13)17/h4-9,11,16H,10H2,1-3H3,(H,26,28). The first-order valence-electron chi connectivity index (χ1n) is 9.91. The monoisotopic (exact) mass is 438 g/mol. The number of halogens is 2. The topological polar surface area (TPSA) is 78.5 Å². The lowest BCUT2D eigenvalue weighted by Crippen LogP contribution is -2.33. The number of aliphatic imine (C=N–C) groups is 1. The molecule has 32 heavy (non-hydrogen) atoms. The van der Waals surface area contributed by atoms with E-state index in [1.54, 1.807) is 36.3 Å². The van der Waals surface area contributed by atoms with Gasteiger partial charge < -0.3 is 13.9 Å². The van der Waals surface area contributed by atoms with Crippen LogP contribution in [0, 0.1) is 18.6 Å². The van der Waals surface area contributed by atoms with Crippen LogP contribution in [0.25, 0.3) is 16.6 Å². The van der Waals surface area contributed by atoms with Crippen molar-refractivity contribution in [2.24, 2.45) is 12.0 Å². The number of imidazole rings is 1. The summed E-state index contributed by atoms with van der Waals surface area (Å²) in [5.41, 5.74) is 5.95. The summed E-state index contributed by atoms with van der Waals surface area (Å²) in [5, 5.41) is 0.197. The van der Waals surface area contributed by atoms with E-state index in [1.165, 1.54) is 7.11 Å². The molecule has 1 N–H and O–H groups in total. The average molecular weight is 438 g/mol. The van der Waals surface area contributed by atoms with Gasteiger partial charge in [-0.3, -0.25) is 9.83 Å². The number of rotatable bonds is 4. The zero-order valence-electron chi connectivity index (χ0n) is 17.6. The van der Waals surface area contributed by atoms with Gasteiger partial charge in [-0.2, -0.15) is 0 Å². The number of pyridine rings is 1. The molecular weight excluding hydrogens is 418 g/mol. The largest absolute Gasteiger partial charge is 0.479 e. The fraction of sp³-hybridized carbons (Fsp3) is 0.227. The van der Waals surface area contributed by atoms with Crippen LogP contribution >= 0.6 is 0 Å². The number of methoxy groups -OCH3 is 1. The SMILES string of the molecule is COc1nc(C2=NC(c3cn(C)c4ccc(F)c(F)c34)CON2)ccc1-n1cnc(C)c1. The number of aryl methyl sites for hydroxylation is 2. The van der Waals surface area contributed by atoms with Gasteiger partial charge in [-0.1, -0.05) is 0 Å². The summed E-state index contributed by atoms with van der Waals surface area (Å²) in [6, 6.07) is 5.73. The van der Waals surface area contributed by atoms with Crippen LogP contribution in [0.3, 0.4) is 0 Å². The Bertz CT molecular complexity index is 1360. The van der Waals surface area contributed by atoms with Gasteiger partial charge in [-0.05, 0) is 31.2 Å². The molecule has 0 radical (unpaired) electrons. The molecule has 0 saturated heterocycles. The summed E-state index contributed by atoms with van der Waals surface area (Å²) in [4.78, 5) is 19.0. The van der Waals surface area contributed by atoms with Gasteiger partial charge in [0.25, 0.3) is 0 Å². The molecule has 0 aliphatic carbocycles. The Morgan fingerprint density at radius 1 is 1.19 bits per heavy atom. The Labute approximate surface area is 182 Å². The number of aromatic nitrogens is 4. The Balaban J connectivity index is 1.56. The van der Waals surface area contributed by atoms with Crippen LogP contribution in [-0.2, 0) is 11.9 Å². The Kier molecular flexibility index (Phi) is 4.86. The van der Waals surface area contributed by atoms with Crippen molar-refractivity contribution in [2.45, 2.75) is 13.0 Å². The van der Waals surface area contributed by atoms with Crippen LogP contribution in [0.2, 0.25) is 0 Å². The van der Waals surface area contributed by atoms with Crippen molar-refractivity contribution in [3.63, 3.8) is 0 Å². The van der Waals surface area contributed by atoms with Gasteiger partial charge in [0.15, 0.2) is 17.5 Å². The second kappa shape index (κ2) is 7.72. The summed E-state index contributed by atoms with van der Waals surface area (Å²) in [6.45, 7) is 2.05. The van der Waals surface area contributed by atoms with Gasteiger partial charge in [-0.15, -0.1) is 0 Å². The maximum absolute atomic E-state index is 14.6. The highest BCUT2D eigenvalue weighted by atomic mass is 19.2. The highest BCUT2D eigenvalue weighted by Crippen LogP contribution is 2.33. The van der Waals surface area contributed by atoms with E-state index in [9.17, 15) is 8.78 Å². The van der Waals surface area contributed by atoms with Crippen LogP contribution < -0.4 is 10.2 Å². The zero-order chi connectivity index (χ0) is 22.4. The second-order valence-electron chi connectivity index (χ2n) is 7.50. The molecule has 1 aliphatic rings. The minimum atomic E-state index is -0.902. The second-order valence-corrected chi connectivity index (χ2v) is 7.50. The number of nitrogens with zero attached hydrogens (tertiary/aromatic N) is 5. The lowest BCUT2D eigenvalue weighted by molar-refractivity contribution is 0.0622. The number of hydrogen-bond donors (Lipinski definition) is 1. The van der Waals surface area contributed by atoms with Gasteiger partial charge >= 0.3 is 0 Å². The van der Waals surface area contributed by atoms with Crippen LogP contribution in [0.4, 0.5) is 8.78 Å². The summed E-state index contributed by atoms with van der Waals surface area (Å²) >= 11 is 0. The lowest BCUT2D eigenvalue weighted by Gasteiger charge is -2.22. The molecule has 0 fully saturated rings. The Morgan fingerprint density at radius 3 is 2.78 bits per heavy atom. The smallest absolute Gasteiger partial charge is 0.238 e. The van der Waals surface area contributed by atoms with E-state index in [-0.39, 0.29) is 12.0 Å². The van der Waals surface area contributed by atoms with Gasteiger partial charge in [0.05, 0.1) is 24.6 Å². The molecule has 4 aromatic rings. The van der Waals surface area contributed by atoms with Crippen LogP contribution in [-0.4, -0.2) is 38.7 Å². The first kappa shape index (κ1) is 20.1. The number of hydrogen-bond acceptors (Lipinski definition) is 6. The predicted molar refractivity (Wildman–Crippen MR) is 114 cm³/mol. The molecule has 10 heteroatoms. The molecule has 1 unspecified atom stereocenters. The lowest BCUT2D eigenvalue weighted by atomic mass is 10.1. The molecule has 5 rings (SSSR count). The van der Waals surface area contributed by atoms with Crippen molar-refractivity contribution in [2.75, 3.05) is 13.7 Å². The third-order valence-electron chi connectivity index (χ3n) is 5.39. The molecule has 1 aliphatic heterocycles. The molecular formula is C22H20F2N6O2.